The zero-order valence-corrected chi connectivity index (χ0v) is 13.4. The van der Waals surface area contributed by atoms with E-state index in [9.17, 15) is 0 Å². The van der Waals surface area contributed by atoms with E-state index >= 15 is 0 Å². The molecular weight excluding hydrogens is 272 g/mol. The summed E-state index contributed by atoms with van der Waals surface area (Å²) in [6.07, 6.45) is 0. The van der Waals surface area contributed by atoms with Crippen molar-refractivity contribution < 1.29 is 0 Å². The average Bonchev–Trinajstić information content (AvgIpc) is 2.93. The van der Waals surface area contributed by atoms with Crippen LogP contribution in [0.25, 0.3) is 22.8 Å². The van der Waals surface area contributed by atoms with E-state index in [0.29, 0.717) is 0 Å². The highest BCUT2D eigenvalue weighted by molar-refractivity contribution is 5.62. The Morgan fingerprint density at radius 2 is 1.64 bits per heavy atom. The first-order valence-electron chi connectivity index (χ1n) is 7.41. The van der Waals surface area contributed by atoms with Crippen LogP contribution in [-0.2, 0) is 5.41 Å². The average molecular weight is 292 g/mol. The van der Waals surface area contributed by atoms with Crippen molar-refractivity contribution in [2.24, 2.45) is 0 Å². The summed E-state index contributed by atoms with van der Waals surface area (Å²) >= 11 is 0. The maximum absolute atomic E-state index is 4.76. The van der Waals surface area contributed by atoms with E-state index in [2.05, 4.69) is 31.0 Å². The number of benzene rings is 1. The van der Waals surface area contributed by atoms with Gasteiger partial charge in [0.25, 0.3) is 0 Å². The molecule has 0 aliphatic rings. The van der Waals surface area contributed by atoms with Gasteiger partial charge < -0.3 is 0 Å². The number of hydrogen-bond acceptors (Lipinski definition) is 3. The third-order valence-corrected chi connectivity index (χ3v) is 3.49. The molecule has 0 unspecified atom stereocenters. The van der Waals surface area contributed by atoms with Crippen LogP contribution < -0.4 is 0 Å². The van der Waals surface area contributed by atoms with Gasteiger partial charge in [-0.2, -0.15) is 5.10 Å². The minimum atomic E-state index is -0.0490. The third-order valence-electron chi connectivity index (χ3n) is 3.49. The minimum Gasteiger partial charge on any atom is -0.282 e. The summed E-state index contributed by atoms with van der Waals surface area (Å²) in [5.74, 6) is 0.740. The van der Waals surface area contributed by atoms with Gasteiger partial charge in [-0.25, -0.2) is 9.97 Å². The van der Waals surface area contributed by atoms with E-state index < -0.39 is 0 Å². The summed E-state index contributed by atoms with van der Waals surface area (Å²) in [6.45, 7) is 8.46. The highest BCUT2D eigenvalue weighted by atomic mass is 15.1. The second kappa shape index (κ2) is 5.37. The molecule has 3 rings (SSSR count). The van der Waals surface area contributed by atoms with Gasteiger partial charge in [0.2, 0.25) is 0 Å². The molecule has 0 bridgehead atoms. The van der Waals surface area contributed by atoms with Crippen LogP contribution in [0.15, 0.2) is 42.5 Å². The zero-order chi connectivity index (χ0) is 15.7. The van der Waals surface area contributed by atoms with Gasteiger partial charge in [0.05, 0.1) is 11.4 Å². The largest absolute Gasteiger partial charge is 0.282 e. The van der Waals surface area contributed by atoms with Crippen molar-refractivity contribution in [3.8, 4) is 22.8 Å². The Bertz CT molecular complexity index is 782. The Hall–Kier alpha value is -2.49. The molecule has 0 amide bonds. The van der Waals surface area contributed by atoms with Crippen LogP contribution >= 0.6 is 0 Å². The molecule has 2 heterocycles. The standard InChI is InChI=1S/C18H20N4/c1-12-10-15(22-21-12)14-11-16(18(2,3)4)20-17(19-14)13-8-6-5-7-9-13/h5-11H,1-4H3,(H,21,22). The molecule has 0 saturated heterocycles. The second-order valence-electron chi connectivity index (χ2n) is 6.51. The van der Waals surface area contributed by atoms with Crippen molar-refractivity contribution in [2.75, 3.05) is 0 Å². The molecule has 22 heavy (non-hydrogen) atoms. The Labute approximate surface area is 130 Å². The molecule has 4 nitrogen and oxygen atoms in total. The molecular formula is C18H20N4. The molecule has 4 heteroatoms. The van der Waals surface area contributed by atoms with E-state index in [1.807, 2.05) is 49.4 Å². The van der Waals surface area contributed by atoms with Crippen LogP contribution in [0.5, 0.6) is 0 Å². The van der Waals surface area contributed by atoms with Gasteiger partial charge in [0.15, 0.2) is 5.82 Å². The lowest BCUT2D eigenvalue weighted by atomic mass is 9.91. The number of aromatic nitrogens is 4. The summed E-state index contributed by atoms with van der Waals surface area (Å²) in [6, 6.07) is 14.1. The maximum atomic E-state index is 4.76. The highest BCUT2D eigenvalue weighted by Crippen LogP contribution is 2.27. The fourth-order valence-electron chi connectivity index (χ4n) is 2.23. The van der Waals surface area contributed by atoms with Crippen molar-refractivity contribution in [2.45, 2.75) is 33.1 Å². The van der Waals surface area contributed by atoms with E-state index in [0.717, 1.165) is 34.2 Å². The van der Waals surface area contributed by atoms with Gasteiger partial charge in [-0.3, -0.25) is 5.10 Å². The molecule has 0 fully saturated rings. The smallest absolute Gasteiger partial charge is 0.160 e. The number of rotatable bonds is 2. The molecule has 0 saturated carbocycles. The number of hydrogen-bond donors (Lipinski definition) is 1. The SMILES string of the molecule is Cc1cc(-c2cc(C(C)(C)C)nc(-c3ccccc3)n2)n[nH]1. The molecule has 0 aliphatic heterocycles. The zero-order valence-electron chi connectivity index (χ0n) is 13.4. The fourth-order valence-corrected chi connectivity index (χ4v) is 2.23. The van der Waals surface area contributed by atoms with Crippen LogP contribution in [0.4, 0.5) is 0 Å². The molecule has 1 N–H and O–H groups in total. The molecule has 0 atom stereocenters. The number of H-pyrrole nitrogens is 1. The van der Waals surface area contributed by atoms with Crippen LogP contribution in [0, 0.1) is 6.92 Å². The first-order valence-corrected chi connectivity index (χ1v) is 7.41. The topological polar surface area (TPSA) is 54.5 Å². The molecule has 0 spiro atoms. The number of aryl methyl sites for hydroxylation is 1. The van der Waals surface area contributed by atoms with Crippen LogP contribution in [0.1, 0.15) is 32.2 Å². The first kappa shape index (κ1) is 14.4. The summed E-state index contributed by atoms with van der Waals surface area (Å²) in [4.78, 5) is 9.47. The summed E-state index contributed by atoms with van der Waals surface area (Å²) in [5.41, 5.74) is 4.70. The van der Waals surface area contributed by atoms with Gasteiger partial charge in [-0.1, -0.05) is 51.1 Å². The molecule has 1 aromatic carbocycles. The fraction of sp³-hybridized carbons (Fsp3) is 0.278. The molecule has 0 radical (unpaired) electrons. The lowest BCUT2D eigenvalue weighted by molar-refractivity contribution is 0.568. The maximum Gasteiger partial charge on any atom is 0.160 e. The van der Waals surface area contributed by atoms with Crippen LogP contribution in [-0.4, -0.2) is 20.2 Å². The molecule has 3 aromatic rings. The Kier molecular flexibility index (Phi) is 3.53. The Morgan fingerprint density at radius 1 is 0.909 bits per heavy atom. The van der Waals surface area contributed by atoms with Crippen LogP contribution in [0.2, 0.25) is 0 Å². The molecule has 112 valence electrons. The summed E-state index contributed by atoms with van der Waals surface area (Å²) in [7, 11) is 0. The molecule has 2 aromatic heterocycles. The minimum absolute atomic E-state index is 0.0490. The second-order valence-corrected chi connectivity index (χ2v) is 6.51. The van der Waals surface area contributed by atoms with Gasteiger partial charge in [-0.15, -0.1) is 0 Å². The lowest BCUT2D eigenvalue weighted by Gasteiger charge is -2.19. The highest BCUT2D eigenvalue weighted by Gasteiger charge is 2.19. The first-order chi connectivity index (χ1) is 10.4. The van der Waals surface area contributed by atoms with Gasteiger partial charge >= 0.3 is 0 Å². The van der Waals surface area contributed by atoms with Crippen LogP contribution in [0.3, 0.4) is 0 Å². The predicted molar refractivity (Wildman–Crippen MR) is 88.5 cm³/mol. The van der Waals surface area contributed by atoms with Gasteiger partial charge in [0.1, 0.15) is 5.69 Å². The van der Waals surface area contributed by atoms with E-state index in [1.54, 1.807) is 0 Å². The normalized spacial score (nSPS) is 11.6. The van der Waals surface area contributed by atoms with E-state index in [4.69, 9.17) is 9.97 Å². The van der Waals surface area contributed by atoms with E-state index in [1.165, 1.54) is 0 Å². The molecule has 0 aliphatic carbocycles. The van der Waals surface area contributed by atoms with Crippen molar-refractivity contribution in [3.05, 3.63) is 53.9 Å². The van der Waals surface area contributed by atoms with Crippen molar-refractivity contribution in [3.63, 3.8) is 0 Å². The lowest BCUT2D eigenvalue weighted by Crippen LogP contribution is -2.15. The van der Waals surface area contributed by atoms with Crippen molar-refractivity contribution in [1.29, 1.82) is 0 Å². The number of nitrogens with zero attached hydrogens (tertiary/aromatic N) is 3. The summed E-state index contributed by atoms with van der Waals surface area (Å²) in [5, 5.41) is 7.30. The van der Waals surface area contributed by atoms with Gasteiger partial charge in [-0.05, 0) is 19.1 Å². The third kappa shape index (κ3) is 2.91. The Morgan fingerprint density at radius 3 is 2.23 bits per heavy atom. The van der Waals surface area contributed by atoms with Crippen molar-refractivity contribution in [1.82, 2.24) is 20.2 Å². The number of aromatic amines is 1. The van der Waals surface area contributed by atoms with Crippen molar-refractivity contribution >= 4 is 0 Å². The van der Waals surface area contributed by atoms with Gasteiger partial charge in [0, 0.05) is 16.7 Å². The predicted octanol–water partition coefficient (Wildman–Crippen LogP) is 4.14. The summed E-state index contributed by atoms with van der Waals surface area (Å²) < 4.78 is 0. The Balaban J connectivity index is 2.19. The monoisotopic (exact) mass is 292 g/mol. The quantitative estimate of drug-likeness (QED) is 0.772. The van der Waals surface area contributed by atoms with E-state index in [-0.39, 0.29) is 5.41 Å². The number of nitrogens with one attached hydrogen (secondary N) is 1.